The fourth-order valence-electron chi connectivity index (χ4n) is 2.03. The van der Waals surface area contributed by atoms with Crippen molar-refractivity contribution < 1.29 is 14.2 Å². The maximum atomic E-state index is 5.22. The minimum absolute atomic E-state index is 0.432. The summed E-state index contributed by atoms with van der Waals surface area (Å²) in [5.41, 5.74) is 4.71. The molecule has 0 aromatic heterocycles. The van der Waals surface area contributed by atoms with Crippen LogP contribution < -0.4 is 25.0 Å². The fraction of sp³-hybridized carbons (Fsp3) is 0.222. The third kappa shape index (κ3) is 5.96. The molecule has 0 spiro atoms. The molecule has 0 radical (unpaired) electrons. The van der Waals surface area contributed by atoms with Gasteiger partial charge in [-0.25, -0.2) is 0 Å². The van der Waals surface area contributed by atoms with E-state index in [0.717, 1.165) is 16.9 Å². The summed E-state index contributed by atoms with van der Waals surface area (Å²) in [6.45, 7) is 0.596. The van der Waals surface area contributed by atoms with Gasteiger partial charge in [-0.1, -0.05) is 12.1 Å². The van der Waals surface area contributed by atoms with Crippen LogP contribution >= 0.6 is 12.2 Å². The van der Waals surface area contributed by atoms with E-state index < -0.39 is 0 Å². The molecule has 2 aromatic carbocycles. The first kappa shape index (κ1) is 18.5. The zero-order valence-corrected chi connectivity index (χ0v) is 15.2. The monoisotopic (exact) mass is 359 g/mol. The van der Waals surface area contributed by atoms with Gasteiger partial charge in [0.25, 0.3) is 0 Å². The quantitative estimate of drug-likeness (QED) is 0.450. The zero-order chi connectivity index (χ0) is 18.1. The maximum absolute atomic E-state index is 5.22. The van der Waals surface area contributed by atoms with Crippen LogP contribution in [0.2, 0.25) is 0 Å². The molecular formula is C18H21N3O3S. The van der Waals surface area contributed by atoms with Gasteiger partial charge in [-0.2, -0.15) is 5.10 Å². The molecule has 132 valence electrons. The molecule has 2 aromatic rings. The molecule has 2 rings (SSSR count). The number of thiocarbonyl (C=S) groups is 1. The molecule has 0 saturated carbocycles. The van der Waals surface area contributed by atoms with Gasteiger partial charge in [0, 0.05) is 18.2 Å². The third-order valence-corrected chi connectivity index (χ3v) is 3.60. The topological polar surface area (TPSA) is 64.1 Å². The zero-order valence-electron chi connectivity index (χ0n) is 14.4. The van der Waals surface area contributed by atoms with Crippen molar-refractivity contribution in [3.63, 3.8) is 0 Å². The third-order valence-electron chi connectivity index (χ3n) is 3.37. The van der Waals surface area contributed by atoms with Crippen LogP contribution in [0.3, 0.4) is 0 Å². The van der Waals surface area contributed by atoms with E-state index in [2.05, 4.69) is 15.8 Å². The molecule has 0 aliphatic rings. The van der Waals surface area contributed by atoms with E-state index in [9.17, 15) is 0 Å². The first-order valence-corrected chi connectivity index (χ1v) is 7.98. The number of ether oxygens (including phenoxy) is 3. The molecule has 7 heteroatoms. The van der Waals surface area contributed by atoms with Crippen LogP contribution in [0.4, 0.5) is 0 Å². The number of methoxy groups -OCH3 is 3. The Morgan fingerprint density at radius 3 is 2.12 bits per heavy atom. The second-order valence-electron chi connectivity index (χ2n) is 5.05. The first-order valence-electron chi connectivity index (χ1n) is 7.57. The Kier molecular flexibility index (Phi) is 7.03. The lowest BCUT2D eigenvalue weighted by Crippen LogP contribution is -2.31. The van der Waals surface area contributed by atoms with Crippen molar-refractivity contribution in [1.29, 1.82) is 0 Å². The SMILES string of the molecule is COc1ccc(CNC(=S)N/N=C\c2cc(OC)cc(OC)c2)cc1. The van der Waals surface area contributed by atoms with Gasteiger partial charge >= 0.3 is 0 Å². The molecule has 0 atom stereocenters. The van der Waals surface area contributed by atoms with Crippen molar-refractivity contribution >= 4 is 23.5 Å². The van der Waals surface area contributed by atoms with Crippen LogP contribution in [-0.2, 0) is 6.54 Å². The lowest BCUT2D eigenvalue weighted by molar-refractivity contribution is 0.394. The fourth-order valence-corrected chi connectivity index (χ4v) is 2.16. The van der Waals surface area contributed by atoms with Gasteiger partial charge in [0.1, 0.15) is 17.2 Å². The molecule has 2 N–H and O–H groups in total. The second kappa shape index (κ2) is 9.48. The van der Waals surface area contributed by atoms with E-state index in [1.165, 1.54) is 0 Å². The summed E-state index contributed by atoms with van der Waals surface area (Å²) in [5, 5.41) is 7.64. The highest BCUT2D eigenvalue weighted by Gasteiger charge is 2.00. The number of benzene rings is 2. The standard InChI is InChI=1S/C18H21N3O3S/c1-22-15-6-4-13(5-7-15)11-19-18(25)21-20-12-14-8-16(23-2)10-17(9-14)24-3/h4-10,12H,11H2,1-3H3,(H2,19,21,25)/b20-12-. The lowest BCUT2D eigenvalue weighted by atomic mass is 10.2. The van der Waals surface area contributed by atoms with Gasteiger partial charge in [0.2, 0.25) is 0 Å². The number of nitrogens with one attached hydrogen (secondary N) is 2. The van der Waals surface area contributed by atoms with Crippen LogP contribution in [0.15, 0.2) is 47.6 Å². The Balaban J connectivity index is 1.85. The summed E-state index contributed by atoms with van der Waals surface area (Å²) in [7, 11) is 4.85. The van der Waals surface area contributed by atoms with Crippen molar-refractivity contribution in [1.82, 2.24) is 10.7 Å². The Morgan fingerprint density at radius 2 is 1.56 bits per heavy atom. The van der Waals surface area contributed by atoms with Crippen LogP contribution in [-0.4, -0.2) is 32.7 Å². The van der Waals surface area contributed by atoms with E-state index in [-0.39, 0.29) is 0 Å². The van der Waals surface area contributed by atoms with Gasteiger partial charge in [-0.15, -0.1) is 0 Å². The van der Waals surface area contributed by atoms with Crippen molar-refractivity contribution in [3.05, 3.63) is 53.6 Å². The van der Waals surface area contributed by atoms with Crippen molar-refractivity contribution in [2.24, 2.45) is 5.10 Å². The smallest absolute Gasteiger partial charge is 0.187 e. The molecule has 0 saturated heterocycles. The number of rotatable bonds is 7. The van der Waals surface area contributed by atoms with Crippen molar-refractivity contribution in [3.8, 4) is 17.2 Å². The summed E-state index contributed by atoms with van der Waals surface area (Å²) in [6.07, 6.45) is 1.65. The molecule has 0 fully saturated rings. The second-order valence-corrected chi connectivity index (χ2v) is 5.46. The summed E-state index contributed by atoms with van der Waals surface area (Å²) in [5.74, 6) is 2.21. The highest BCUT2D eigenvalue weighted by molar-refractivity contribution is 7.80. The average molecular weight is 359 g/mol. The molecule has 0 bridgehead atoms. The van der Waals surface area contributed by atoms with E-state index in [1.54, 1.807) is 33.6 Å². The summed E-state index contributed by atoms with van der Waals surface area (Å²) in [4.78, 5) is 0. The largest absolute Gasteiger partial charge is 0.497 e. The predicted octanol–water partition coefficient (Wildman–Crippen LogP) is 2.71. The van der Waals surface area contributed by atoms with E-state index in [4.69, 9.17) is 26.4 Å². The number of hydrazone groups is 1. The molecule has 0 aliphatic carbocycles. The Labute approximate surface area is 152 Å². The van der Waals surface area contributed by atoms with Gasteiger partial charge in [0.05, 0.1) is 27.5 Å². The summed E-state index contributed by atoms with van der Waals surface area (Å²) < 4.78 is 15.6. The number of hydrogen-bond acceptors (Lipinski definition) is 5. The Bertz CT molecular complexity index is 711. The molecule has 0 unspecified atom stereocenters. The van der Waals surface area contributed by atoms with Gasteiger partial charge in [-0.05, 0) is 42.0 Å². The first-order chi connectivity index (χ1) is 12.1. The van der Waals surface area contributed by atoms with Gasteiger partial charge < -0.3 is 19.5 Å². The van der Waals surface area contributed by atoms with Crippen molar-refractivity contribution in [2.75, 3.05) is 21.3 Å². The molecule has 6 nitrogen and oxygen atoms in total. The van der Waals surface area contributed by atoms with Gasteiger partial charge in [0.15, 0.2) is 5.11 Å². The van der Waals surface area contributed by atoms with Crippen molar-refractivity contribution in [2.45, 2.75) is 6.54 Å². The average Bonchev–Trinajstić information content (AvgIpc) is 2.66. The highest BCUT2D eigenvalue weighted by atomic mass is 32.1. The highest BCUT2D eigenvalue weighted by Crippen LogP contribution is 2.21. The van der Waals surface area contributed by atoms with Crippen LogP contribution in [0.25, 0.3) is 0 Å². The number of nitrogens with zero attached hydrogens (tertiary/aromatic N) is 1. The van der Waals surface area contributed by atoms with Crippen LogP contribution in [0.5, 0.6) is 17.2 Å². The van der Waals surface area contributed by atoms with E-state index >= 15 is 0 Å². The Hall–Kier alpha value is -2.80. The van der Waals surface area contributed by atoms with E-state index in [0.29, 0.717) is 23.2 Å². The minimum atomic E-state index is 0.432. The molecule has 0 aliphatic heterocycles. The van der Waals surface area contributed by atoms with Crippen LogP contribution in [0, 0.1) is 0 Å². The molecule has 0 amide bonds. The number of hydrogen-bond donors (Lipinski definition) is 2. The molecular weight excluding hydrogens is 338 g/mol. The normalized spacial score (nSPS) is 10.4. The summed E-state index contributed by atoms with van der Waals surface area (Å²) >= 11 is 5.20. The molecule has 0 heterocycles. The predicted molar refractivity (Wildman–Crippen MR) is 103 cm³/mol. The van der Waals surface area contributed by atoms with Crippen LogP contribution in [0.1, 0.15) is 11.1 Å². The molecule has 25 heavy (non-hydrogen) atoms. The van der Waals surface area contributed by atoms with E-state index in [1.807, 2.05) is 36.4 Å². The van der Waals surface area contributed by atoms with Gasteiger partial charge in [-0.3, -0.25) is 5.43 Å². The lowest BCUT2D eigenvalue weighted by Gasteiger charge is -2.08. The summed E-state index contributed by atoms with van der Waals surface area (Å²) in [6, 6.07) is 13.2. The Morgan fingerprint density at radius 1 is 0.960 bits per heavy atom. The maximum Gasteiger partial charge on any atom is 0.187 e. The minimum Gasteiger partial charge on any atom is -0.497 e.